The number of rotatable bonds is 7. The highest BCUT2D eigenvalue weighted by Crippen LogP contribution is 2.22. The predicted molar refractivity (Wildman–Crippen MR) is 107 cm³/mol. The Bertz CT molecular complexity index is 1110. The summed E-state index contributed by atoms with van der Waals surface area (Å²) in [5, 5.41) is 2.72. The molecule has 29 heavy (non-hydrogen) atoms. The first-order valence-corrected chi connectivity index (χ1v) is 10.4. The number of hydrogen-bond acceptors (Lipinski definition) is 4. The van der Waals surface area contributed by atoms with E-state index >= 15 is 0 Å². The Labute approximate surface area is 169 Å². The summed E-state index contributed by atoms with van der Waals surface area (Å²) in [4.78, 5) is 12.1. The average Bonchev–Trinajstić information content (AvgIpc) is 3.17. The van der Waals surface area contributed by atoms with E-state index in [2.05, 4.69) is 5.32 Å². The molecule has 0 unspecified atom stereocenters. The zero-order chi connectivity index (χ0) is 21.0. The third-order valence-corrected chi connectivity index (χ3v) is 6.17. The quantitative estimate of drug-likeness (QED) is 0.634. The van der Waals surface area contributed by atoms with Gasteiger partial charge in [0.25, 0.3) is 0 Å². The Morgan fingerprint density at radius 1 is 1.10 bits per heavy atom. The summed E-state index contributed by atoms with van der Waals surface area (Å²) in [6.45, 7) is 3.08. The number of nitrogens with one attached hydrogen (secondary N) is 1. The number of aryl methyl sites for hydroxylation is 2. The van der Waals surface area contributed by atoms with Gasteiger partial charge in [-0.1, -0.05) is 29.8 Å². The van der Waals surface area contributed by atoms with E-state index < -0.39 is 33.2 Å². The number of benzene rings is 2. The van der Waals surface area contributed by atoms with Crippen molar-refractivity contribution in [2.45, 2.75) is 25.3 Å². The fourth-order valence-electron chi connectivity index (χ4n) is 2.90. The normalized spacial score (nSPS) is 11.6. The van der Waals surface area contributed by atoms with Gasteiger partial charge in [-0.15, -0.1) is 0 Å². The van der Waals surface area contributed by atoms with Crippen molar-refractivity contribution in [3.8, 4) is 0 Å². The summed E-state index contributed by atoms with van der Waals surface area (Å²) in [5.74, 6) is -1.08. The highest BCUT2D eigenvalue weighted by molar-refractivity contribution is 7.89. The molecule has 3 aromatic rings. The number of halogens is 1. The van der Waals surface area contributed by atoms with Gasteiger partial charge in [0.1, 0.15) is 16.5 Å². The lowest BCUT2D eigenvalue weighted by molar-refractivity contribution is -0.116. The molecule has 0 saturated carbocycles. The van der Waals surface area contributed by atoms with Crippen LogP contribution in [0, 0.1) is 19.7 Å². The van der Waals surface area contributed by atoms with Crippen molar-refractivity contribution in [1.29, 1.82) is 0 Å². The first-order valence-electron chi connectivity index (χ1n) is 8.91. The average molecular weight is 416 g/mol. The minimum absolute atomic E-state index is 0.204. The minimum Gasteiger partial charge on any atom is -0.468 e. The monoisotopic (exact) mass is 416 g/mol. The lowest BCUT2D eigenvalue weighted by atomic mass is 10.1. The Balaban J connectivity index is 1.87. The lowest BCUT2D eigenvalue weighted by Crippen LogP contribution is -2.38. The van der Waals surface area contributed by atoms with Crippen LogP contribution >= 0.6 is 0 Å². The number of sulfonamides is 1. The van der Waals surface area contributed by atoms with E-state index in [0.29, 0.717) is 11.4 Å². The van der Waals surface area contributed by atoms with Crippen molar-refractivity contribution < 1.29 is 22.0 Å². The molecule has 8 heteroatoms. The molecule has 0 fully saturated rings. The topological polar surface area (TPSA) is 79.6 Å². The first kappa shape index (κ1) is 20.8. The van der Waals surface area contributed by atoms with Crippen LogP contribution in [0.25, 0.3) is 0 Å². The standard InChI is InChI=1S/C21H21FN2O4S/c1-15-9-10-19(16(2)12-15)23-21(25)14-24(13-17-6-5-11-28-17)29(26,27)20-8-4-3-7-18(20)22/h3-12H,13-14H2,1-2H3,(H,23,25). The van der Waals surface area contributed by atoms with Crippen LogP contribution in [0.15, 0.2) is 70.2 Å². The van der Waals surface area contributed by atoms with Gasteiger partial charge in [-0.3, -0.25) is 4.79 Å². The Morgan fingerprint density at radius 3 is 2.52 bits per heavy atom. The van der Waals surface area contributed by atoms with E-state index in [9.17, 15) is 17.6 Å². The Hall–Kier alpha value is -2.97. The van der Waals surface area contributed by atoms with Crippen LogP contribution in [-0.2, 0) is 21.4 Å². The maximum atomic E-state index is 14.2. The Kier molecular flexibility index (Phi) is 6.14. The second-order valence-corrected chi connectivity index (χ2v) is 8.56. The summed E-state index contributed by atoms with van der Waals surface area (Å²) in [7, 11) is -4.27. The molecule has 1 heterocycles. The molecule has 0 aliphatic heterocycles. The summed E-state index contributed by atoms with van der Waals surface area (Å²) in [6.07, 6.45) is 1.40. The number of carbonyl (C=O) groups is 1. The van der Waals surface area contributed by atoms with Gasteiger partial charge in [0, 0.05) is 5.69 Å². The summed E-state index contributed by atoms with van der Waals surface area (Å²) < 4.78 is 46.4. The molecule has 1 aromatic heterocycles. The van der Waals surface area contributed by atoms with Crippen LogP contribution in [0.1, 0.15) is 16.9 Å². The Morgan fingerprint density at radius 2 is 1.86 bits per heavy atom. The van der Waals surface area contributed by atoms with Gasteiger partial charge in [-0.05, 0) is 49.7 Å². The van der Waals surface area contributed by atoms with Crippen LogP contribution in [-0.4, -0.2) is 25.2 Å². The molecule has 6 nitrogen and oxygen atoms in total. The first-order chi connectivity index (χ1) is 13.8. The number of amides is 1. The predicted octanol–water partition coefficient (Wildman–Crippen LogP) is 3.87. The highest BCUT2D eigenvalue weighted by Gasteiger charge is 2.30. The molecular formula is C21H21FN2O4S. The second kappa shape index (κ2) is 8.59. The van der Waals surface area contributed by atoms with Crippen molar-refractivity contribution in [1.82, 2.24) is 4.31 Å². The summed E-state index contributed by atoms with van der Waals surface area (Å²) in [5.41, 5.74) is 2.48. The number of anilines is 1. The van der Waals surface area contributed by atoms with Crippen LogP contribution in [0.5, 0.6) is 0 Å². The zero-order valence-electron chi connectivity index (χ0n) is 16.1. The van der Waals surface area contributed by atoms with Gasteiger partial charge in [-0.25, -0.2) is 12.8 Å². The fraction of sp³-hybridized carbons (Fsp3) is 0.190. The van der Waals surface area contributed by atoms with Crippen LogP contribution in [0.3, 0.4) is 0 Å². The third-order valence-electron chi connectivity index (χ3n) is 4.34. The van der Waals surface area contributed by atoms with E-state index in [0.717, 1.165) is 21.5 Å². The van der Waals surface area contributed by atoms with E-state index in [1.807, 2.05) is 26.0 Å². The van der Waals surface area contributed by atoms with Crippen LogP contribution in [0.2, 0.25) is 0 Å². The molecule has 152 valence electrons. The highest BCUT2D eigenvalue weighted by atomic mass is 32.2. The SMILES string of the molecule is Cc1ccc(NC(=O)CN(Cc2ccco2)S(=O)(=O)c2ccccc2F)c(C)c1. The number of carbonyl (C=O) groups excluding carboxylic acids is 1. The molecule has 0 bridgehead atoms. The second-order valence-electron chi connectivity index (χ2n) is 6.65. The maximum absolute atomic E-state index is 14.2. The van der Waals surface area contributed by atoms with E-state index in [4.69, 9.17) is 4.42 Å². The fourth-order valence-corrected chi connectivity index (χ4v) is 4.33. The maximum Gasteiger partial charge on any atom is 0.246 e. The molecule has 1 amide bonds. The minimum atomic E-state index is -4.27. The molecular weight excluding hydrogens is 395 g/mol. The summed E-state index contributed by atoms with van der Waals surface area (Å²) in [6, 6.07) is 13.8. The number of hydrogen-bond donors (Lipinski definition) is 1. The van der Waals surface area contributed by atoms with E-state index in [1.165, 1.54) is 24.5 Å². The molecule has 0 spiro atoms. The van der Waals surface area contributed by atoms with Gasteiger partial charge < -0.3 is 9.73 Å². The van der Waals surface area contributed by atoms with Gasteiger partial charge in [0.05, 0.1) is 19.4 Å². The van der Waals surface area contributed by atoms with Gasteiger partial charge in [0.15, 0.2) is 0 Å². The number of nitrogens with zero attached hydrogens (tertiary/aromatic N) is 1. The largest absolute Gasteiger partial charge is 0.468 e. The van der Waals surface area contributed by atoms with Crippen molar-refractivity contribution in [2.75, 3.05) is 11.9 Å². The molecule has 1 N–H and O–H groups in total. The third kappa shape index (κ3) is 4.90. The number of furan rings is 1. The van der Waals surface area contributed by atoms with Crippen LogP contribution < -0.4 is 5.32 Å². The van der Waals surface area contributed by atoms with Crippen molar-refractivity contribution in [3.05, 3.63) is 83.6 Å². The smallest absolute Gasteiger partial charge is 0.246 e. The van der Waals surface area contributed by atoms with Crippen molar-refractivity contribution in [2.24, 2.45) is 0 Å². The van der Waals surface area contributed by atoms with Gasteiger partial charge in [0.2, 0.25) is 15.9 Å². The van der Waals surface area contributed by atoms with Gasteiger partial charge in [-0.2, -0.15) is 4.31 Å². The van der Waals surface area contributed by atoms with E-state index in [-0.39, 0.29) is 6.54 Å². The molecule has 2 aromatic carbocycles. The van der Waals surface area contributed by atoms with Gasteiger partial charge >= 0.3 is 0 Å². The molecule has 0 aliphatic carbocycles. The van der Waals surface area contributed by atoms with Crippen molar-refractivity contribution in [3.63, 3.8) is 0 Å². The van der Waals surface area contributed by atoms with E-state index in [1.54, 1.807) is 18.2 Å². The van der Waals surface area contributed by atoms with Crippen LogP contribution in [0.4, 0.5) is 10.1 Å². The lowest BCUT2D eigenvalue weighted by Gasteiger charge is -2.21. The molecule has 0 saturated heterocycles. The zero-order valence-corrected chi connectivity index (χ0v) is 16.9. The summed E-state index contributed by atoms with van der Waals surface area (Å²) >= 11 is 0. The molecule has 3 rings (SSSR count). The van der Waals surface area contributed by atoms with Crippen molar-refractivity contribution >= 4 is 21.6 Å². The molecule has 0 aliphatic rings. The molecule has 0 radical (unpaired) electrons. The molecule has 0 atom stereocenters.